The highest BCUT2D eigenvalue weighted by Crippen LogP contribution is 2.37. The topological polar surface area (TPSA) is 127 Å². The molecule has 0 aliphatic rings. The Morgan fingerprint density at radius 3 is 1.25 bits per heavy atom. The van der Waals surface area contributed by atoms with Crippen LogP contribution in [0.1, 0.15) is 49.4 Å². The number of benzene rings is 4. The number of carbonyl (C=O) groups excluding carboxylic acids is 2. The molecule has 0 aromatic heterocycles. The Balaban J connectivity index is 1.56. The van der Waals surface area contributed by atoms with Crippen LogP contribution in [0.4, 0.5) is 0 Å². The lowest BCUT2D eigenvalue weighted by Gasteiger charge is -2.29. The van der Waals surface area contributed by atoms with Crippen molar-refractivity contribution in [1.29, 1.82) is 0 Å². The second-order valence-electron chi connectivity index (χ2n) is 9.06. The molecule has 0 aliphatic heterocycles. The smallest absolute Gasteiger partial charge is 0.338 e. The number of carbonyl (C=O) groups is 4. The first-order valence-corrected chi connectivity index (χ1v) is 12.4. The third-order valence-electron chi connectivity index (χ3n) is 6.43. The molecule has 0 aliphatic carbocycles. The second-order valence-corrected chi connectivity index (χ2v) is 9.06. The molecule has 8 heteroatoms. The summed E-state index contributed by atoms with van der Waals surface area (Å²) in [6, 6.07) is 29.5. The van der Waals surface area contributed by atoms with E-state index in [1.165, 1.54) is 48.5 Å². The first kappa shape index (κ1) is 27.8. The molecule has 4 aromatic carbocycles. The van der Waals surface area contributed by atoms with Crippen LogP contribution in [0.3, 0.4) is 0 Å². The van der Waals surface area contributed by atoms with E-state index in [2.05, 4.69) is 0 Å². The lowest BCUT2D eigenvalue weighted by atomic mass is 9.71. The van der Waals surface area contributed by atoms with Gasteiger partial charge in [-0.2, -0.15) is 0 Å². The summed E-state index contributed by atoms with van der Waals surface area (Å²) in [5.41, 5.74) is 0.321. The molecule has 0 heterocycles. The Morgan fingerprint density at radius 1 is 0.550 bits per heavy atom. The van der Waals surface area contributed by atoms with Crippen LogP contribution in [0.5, 0.6) is 0 Å². The van der Waals surface area contributed by atoms with E-state index < -0.39 is 35.7 Å². The van der Waals surface area contributed by atoms with Gasteiger partial charge in [0.1, 0.15) is 18.6 Å². The van der Waals surface area contributed by atoms with E-state index in [9.17, 15) is 29.4 Å². The van der Waals surface area contributed by atoms with Crippen LogP contribution in [0.25, 0.3) is 0 Å². The minimum atomic E-state index is -1.98. The molecule has 0 radical (unpaired) electrons. The summed E-state index contributed by atoms with van der Waals surface area (Å²) in [5, 5.41) is 20.0. The molecule has 0 bridgehead atoms. The molecule has 4 rings (SSSR count). The molecule has 2 N–H and O–H groups in total. The Labute approximate surface area is 230 Å². The minimum Gasteiger partial charge on any atom is -0.481 e. The van der Waals surface area contributed by atoms with Crippen LogP contribution in [-0.2, 0) is 37.7 Å². The number of esters is 2. The van der Waals surface area contributed by atoms with Crippen molar-refractivity contribution in [3.8, 4) is 0 Å². The van der Waals surface area contributed by atoms with Gasteiger partial charge in [0, 0.05) is 0 Å². The van der Waals surface area contributed by atoms with Gasteiger partial charge in [0.15, 0.2) is 0 Å². The third-order valence-corrected chi connectivity index (χ3v) is 6.43. The Morgan fingerprint density at radius 2 is 0.925 bits per heavy atom. The zero-order chi connectivity index (χ0) is 28.5. The van der Waals surface area contributed by atoms with Crippen molar-refractivity contribution in [2.75, 3.05) is 0 Å². The summed E-state index contributed by atoms with van der Waals surface area (Å²) in [4.78, 5) is 49.6. The van der Waals surface area contributed by atoms with Gasteiger partial charge in [-0.1, -0.05) is 84.9 Å². The minimum absolute atomic E-state index is 0.0691. The van der Waals surface area contributed by atoms with Crippen molar-refractivity contribution in [2.24, 2.45) is 0 Å². The van der Waals surface area contributed by atoms with Crippen LogP contribution in [0.15, 0.2) is 109 Å². The maximum absolute atomic E-state index is 12.7. The summed E-state index contributed by atoms with van der Waals surface area (Å²) in [6.07, 6.45) is -0.766. The van der Waals surface area contributed by atoms with Crippen molar-refractivity contribution in [1.82, 2.24) is 0 Å². The number of ether oxygens (including phenoxy) is 2. The van der Waals surface area contributed by atoms with E-state index in [0.717, 1.165) is 11.1 Å². The van der Waals surface area contributed by atoms with E-state index in [-0.39, 0.29) is 35.5 Å². The molecule has 0 saturated carbocycles. The molecular formula is C32H26O8. The Hall–Kier alpha value is -5.24. The molecule has 202 valence electrons. The van der Waals surface area contributed by atoms with Gasteiger partial charge in [-0.15, -0.1) is 0 Å². The molecular weight excluding hydrogens is 512 g/mol. The molecule has 40 heavy (non-hydrogen) atoms. The zero-order valence-corrected chi connectivity index (χ0v) is 21.4. The van der Waals surface area contributed by atoms with Crippen molar-refractivity contribution in [2.45, 2.75) is 25.0 Å². The molecule has 0 amide bonds. The highest BCUT2D eigenvalue weighted by Gasteiger charge is 2.44. The summed E-state index contributed by atoms with van der Waals surface area (Å²) in [5.74, 6) is -3.94. The Bertz CT molecular complexity index is 1380. The summed E-state index contributed by atoms with van der Waals surface area (Å²) < 4.78 is 10.7. The van der Waals surface area contributed by atoms with Crippen molar-refractivity contribution in [3.05, 3.63) is 143 Å². The molecule has 0 fully saturated rings. The van der Waals surface area contributed by atoms with Crippen LogP contribution >= 0.6 is 0 Å². The van der Waals surface area contributed by atoms with Crippen LogP contribution in [0.2, 0.25) is 0 Å². The van der Waals surface area contributed by atoms with Crippen LogP contribution in [0, 0.1) is 0 Å². The molecule has 0 saturated heterocycles. The van der Waals surface area contributed by atoms with E-state index in [0.29, 0.717) is 0 Å². The largest absolute Gasteiger partial charge is 0.481 e. The number of rotatable bonds is 11. The molecule has 0 spiro atoms. The maximum atomic E-state index is 12.7. The molecule has 0 atom stereocenters. The van der Waals surface area contributed by atoms with Crippen LogP contribution < -0.4 is 0 Å². The number of hydrogen-bond donors (Lipinski definition) is 2. The summed E-state index contributed by atoms with van der Waals surface area (Å²) in [7, 11) is 0. The fourth-order valence-electron chi connectivity index (χ4n) is 4.31. The summed E-state index contributed by atoms with van der Waals surface area (Å²) >= 11 is 0. The van der Waals surface area contributed by atoms with Crippen molar-refractivity contribution >= 4 is 23.9 Å². The highest BCUT2D eigenvalue weighted by atomic mass is 16.5. The molecule has 4 aromatic rings. The van der Waals surface area contributed by atoms with Gasteiger partial charge >= 0.3 is 23.9 Å². The van der Waals surface area contributed by atoms with E-state index >= 15 is 0 Å². The molecule has 8 nitrogen and oxygen atoms in total. The number of hydrogen-bond acceptors (Lipinski definition) is 6. The van der Waals surface area contributed by atoms with E-state index in [4.69, 9.17) is 9.47 Å². The zero-order valence-electron chi connectivity index (χ0n) is 21.4. The molecule has 0 unspecified atom stereocenters. The first-order valence-electron chi connectivity index (χ1n) is 12.4. The predicted octanol–water partition coefficient (Wildman–Crippen LogP) is 5.25. The average molecular weight is 539 g/mol. The SMILES string of the molecule is O=C(O)CC(C(=O)O)(c1ccc(C(=O)OCc2ccccc2)cc1)c1ccc(C(=O)OCc2ccccc2)cc1. The van der Waals surface area contributed by atoms with Crippen LogP contribution in [-0.4, -0.2) is 34.1 Å². The fraction of sp³-hybridized carbons (Fsp3) is 0.125. The third kappa shape index (κ3) is 6.42. The van der Waals surface area contributed by atoms with Crippen molar-refractivity contribution < 1.29 is 38.9 Å². The monoisotopic (exact) mass is 538 g/mol. The number of aliphatic carboxylic acids is 2. The van der Waals surface area contributed by atoms with Gasteiger partial charge in [0.05, 0.1) is 17.5 Å². The predicted molar refractivity (Wildman–Crippen MR) is 145 cm³/mol. The maximum Gasteiger partial charge on any atom is 0.338 e. The van der Waals surface area contributed by atoms with Crippen molar-refractivity contribution in [3.63, 3.8) is 0 Å². The van der Waals surface area contributed by atoms with Gasteiger partial charge < -0.3 is 19.7 Å². The fourth-order valence-corrected chi connectivity index (χ4v) is 4.31. The van der Waals surface area contributed by atoms with Gasteiger partial charge in [0.25, 0.3) is 0 Å². The second kappa shape index (κ2) is 12.5. The standard InChI is InChI=1S/C32H26O8/c33-28(34)19-32(31(37)38,26-15-11-24(12-16-26)29(35)39-20-22-7-3-1-4-8-22)27-17-13-25(14-18-27)30(36)40-21-23-9-5-2-6-10-23/h1-18H,19-21H2,(H,33,34)(H,37,38). The quantitative estimate of drug-likeness (QED) is 0.248. The Kier molecular flexibility index (Phi) is 8.71. The summed E-state index contributed by atoms with van der Waals surface area (Å²) in [6.45, 7) is 0.138. The first-order chi connectivity index (χ1) is 19.3. The van der Waals surface area contributed by atoms with Gasteiger partial charge in [0.2, 0.25) is 0 Å². The van der Waals surface area contributed by atoms with E-state index in [1.54, 1.807) is 0 Å². The van der Waals surface area contributed by atoms with Gasteiger partial charge in [-0.25, -0.2) is 9.59 Å². The lowest BCUT2D eigenvalue weighted by Crippen LogP contribution is -2.39. The average Bonchev–Trinajstić information content (AvgIpc) is 2.98. The number of carboxylic acids is 2. The van der Waals surface area contributed by atoms with E-state index in [1.807, 2.05) is 60.7 Å². The van der Waals surface area contributed by atoms with Gasteiger partial charge in [-0.3, -0.25) is 9.59 Å². The number of carboxylic acid groups (broad SMARTS) is 2. The normalized spacial score (nSPS) is 10.9. The highest BCUT2D eigenvalue weighted by molar-refractivity contribution is 5.94. The van der Waals surface area contributed by atoms with Gasteiger partial charge in [-0.05, 0) is 46.5 Å². The lowest BCUT2D eigenvalue weighted by molar-refractivity contribution is -0.148.